The van der Waals surface area contributed by atoms with Crippen molar-refractivity contribution in [2.45, 2.75) is 32.8 Å². The molecule has 130 valence electrons. The van der Waals surface area contributed by atoms with Gasteiger partial charge in [0.2, 0.25) is 0 Å². The number of ether oxygens (including phenoxy) is 2. The minimum absolute atomic E-state index is 0.178. The molecular formula is C19H22F2O3. The summed E-state index contributed by atoms with van der Waals surface area (Å²) in [5, 5.41) is 0. The van der Waals surface area contributed by atoms with E-state index >= 15 is 0 Å². The average Bonchev–Trinajstić information content (AvgIpc) is 2.57. The van der Waals surface area contributed by atoms with Crippen LogP contribution in [0.1, 0.15) is 25.8 Å². The summed E-state index contributed by atoms with van der Waals surface area (Å²) < 4.78 is 35.1. The molecule has 24 heavy (non-hydrogen) atoms. The first-order valence-electron chi connectivity index (χ1n) is 7.68. The SMILES string of the molecule is CCC(=O)OC(C)Cc1ccc(F)cc1OC.Fc1ccccc1. The lowest BCUT2D eigenvalue weighted by molar-refractivity contribution is -0.147. The minimum atomic E-state index is -0.344. The van der Waals surface area contributed by atoms with Crippen LogP contribution in [0.5, 0.6) is 5.75 Å². The standard InChI is InChI=1S/C13H17FO3.C6H5F/c1-4-13(15)17-9(2)7-10-5-6-11(14)8-12(10)16-3;7-6-4-2-1-3-5-6/h5-6,8-9H,4,7H2,1-3H3;1-5H. The Bertz CT molecular complexity index is 630. The first kappa shape index (κ1) is 19.6. The fourth-order valence-corrected chi connectivity index (χ4v) is 1.96. The van der Waals surface area contributed by atoms with Crippen molar-refractivity contribution in [3.63, 3.8) is 0 Å². The number of benzene rings is 2. The van der Waals surface area contributed by atoms with Crippen molar-refractivity contribution in [1.29, 1.82) is 0 Å². The molecule has 0 aliphatic heterocycles. The Morgan fingerprint density at radius 3 is 2.25 bits per heavy atom. The van der Waals surface area contributed by atoms with Crippen molar-refractivity contribution in [2.75, 3.05) is 7.11 Å². The molecule has 0 aromatic heterocycles. The van der Waals surface area contributed by atoms with Gasteiger partial charge >= 0.3 is 5.97 Å². The molecule has 0 fully saturated rings. The second-order valence-corrected chi connectivity index (χ2v) is 5.11. The van der Waals surface area contributed by atoms with Crippen LogP contribution in [0.3, 0.4) is 0 Å². The Kier molecular flexibility index (Phi) is 8.47. The minimum Gasteiger partial charge on any atom is -0.496 e. The van der Waals surface area contributed by atoms with Crippen LogP contribution < -0.4 is 4.74 Å². The van der Waals surface area contributed by atoms with Gasteiger partial charge in [-0.3, -0.25) is 4.79 Å². The van der Waals surface area contributed by atoms with Gasteiger partial charge < -0.3 is 9.47 Å². The Hall–Kier alpha value is -2.43. The first-order valence-corrected chi connectivity index (χ1v) is 7.68. The summed E-state index contributed by atoms with van der Waals surface area (Å²) in [4.78, 5) is 11.1. The van der Waals surface area contributed by atoms with Crippen molar-refractivity contribution < 1.29 is 23.0 Å². The molecule has 0 amide bonds. The summed E-state index contributed by atoms with van der Waals surface area (Å²) in [5.74, 6) is -0.283. The van der Waals surface area contributed by atoms with Crippen molar-refractivity contribution in [3.05, 3.63) is 65.7 Å². The van der Waals surface area contributed by atoms with E-state index in [2.05, 4.69) is 0 Å². The topological polar surface area (TPSA) is 35.5 Å². The highest BCUT2D eigenvalue weighted by Gasteiger charge is 2.12. The first-order chi connectivity index (χ1) is 11.5. The lowest BCUT2D eigenvalue weighted by Crippen LogP contribution is -2.16. The van der Waals surface area contributed by atoms with Crippen LogP contribution >= 0.6 is 0 Å². The Morgan fingerprint density at radius 2 is 1.75 bits per heavy atom. The number of hydrogen-bond acceptors (Lipinski definition) is 3. The van der Waals surface area contributed by atoms with Gasteiger partial charge in [0.15, 0.2) is 0 Å². The van der Waals surface area contributed by atoms with E-state index in [4.69, 9.17) is 9.47 Å². The average molecular weight is 336 g/mol. The lowest BCUT2D eigenvalue weighted by Gasteiger charge is -2.14. The summed E-state index contributed by atoms with van der Waals surface area (Å²) in [5.41, 5.74) is 0.824. The second kappa shape index (κ2) is 10.4. The Labute approximate surface area is 141 Å². The zero-order valence-corrected chi connectivity index (χ0v) is 14.1. The van der Waals surface area contributed by atoms with Crippen LogP contribution in [0.15, 0.2) is 48.5 Å². The second-order valence-electron chi connectivity index (χ2n) is 5.11. The van der Waals surface area contributed by atoms with Gasteiger partial charge in [0.25, 0.3) is 0 Å². The zero-order valence-electron chi connectivity index (χ0n) is 14.1. The zero-order chi connectivity index (χ0) is 17.9. The molecule has 0 N–H and O–H groups in total. The fourth-order valence-electron chi connectivity index (χ4n) is 1.96. The highest BCUT2D eigenvalue weighted by atomic mass is 19.1. The predicted molar refractivity (Wildman–Crippen MR) is 88.9 cm³/mol. The van der Waals surface area contributed by atoms with E-state index in [0.29, 0.717) is 18.6 Å². The number of carbonyl (C=O) groups excluding carboxylic acids is 1. The summed E-state index contributed by atoms with van der Waals surface area (Å²) in [6.45, 7) is 3.55. The molecule has 3 nitrogen and oxygen atoms in total. The van der Waals surface area contributed by atoms with Gasteiger partial charge in [-0.05, 0) is 30.7 Å². The van der Waals surface area contributed by atoms with Crippen LogP contribution in [0, 0.1) is 11.6 Å². The number of esters is 1. The van der Waals surface area contributed by atoms with E-state index < -0.39 is 0 Å². The largest absolute Gasteiger partial charge is 0.496 e. The molecule has 0 spiro atoms. The molecule has 5 heteroatoms. The van der Waals surface area contributed by atoms with Gasteiger partial charge in [0.05, 0.1) is 7.11 Å². The number of rotatable bonds is 5. The molecule has 0 bridgehead atoms. The van der Waals surface area contributed by atoms with Gasteiger partial charge in [-0.25, -0.2) is 8.78 Å². The molecule has 0 saturated carbocycles. The van der Waals surface area contributed by atoms with Gasteiger partial charge in [-0.1, -0.05) is 31.2 Å². The molecule has 2 aromatic carbocycles. The summed E-state index contributed by atoms with van der Waals surface area (Å²) >= 11 is 0. The molecule has 1 atom stereocenters. The molecule has 0 heterocycles. The van der Waals surface area contributed by atoms with Crippen LogP contribution in [-0.4, -0.2) is 19.2 Å². The number of carbonyl (C=O) groups is 1. The van der Waals surface area contributed by atoms with E-state index in [1.54, 1.807) is 38.1 Å². The normalized spacial score (nSPS) is 11.0. The van der Waals surface area contributed by atoms with Crippen LogP contribution in [-0.2, 0) is 16.0 Å². The van der Waals surface area contributed by atoms with E-state index in [1.165, 1.54) is 31.4 Å². The maximum absolute atomic E-state index is 13.0. The third kappa shape index (κ3) is 7.22. The van der Waals surface area contributed by atoms with Crippen LogP contribution in [0.25, 0.3) is 0 Å². The molecule has 0 radical (unpaired) electrons. The summed E-state index contributed by atoms with van der Waals surface area (Å²) in [6.07, 6.45) is 0.613. The Morgan fingerprint density at radius 1 is 1.08 bits per heavy atom. The lowest BCUT2D eigenvalue weighted by atomic mass is 10.1. The smallest absolute Gasteiger partial charge is 0.305 e. The molecular weight excluding hydrogens is 314 g/mol. The van der Waals surface area contributed by atoms with Gasteiger partial charge in [-0.2, -0.15) is 0 Å². The molecule has 2 rings (SSSR count). The van der Waals surface area contributed by atoms with E-state index in [-0.39, 0.29) is 23.7 Å². The number of halogens is 2. The predicted octanol–water partition coefficient (Wildman–Crippen LogP) is 4.54. The number of methoxy groups -OCH3 is 1. The van der Waals surface area contributed by atoms with Gasteiger partial charge in [0, 0.05) is 18.9 Å². The Balaban J connectivity index is 0.000000341. The quantitative estimate of drug-likeness (QED) is 0.752. The molecule has 0 aliphatic carbocycles. The summed E-state index contributed by atoms with van der Waals surface area (Å²) in [6, 6.07) is 12.3. The number of hydrogen-bond donors (Lipinski definition) is 0. The summed E-state index contributed by atoms with van der Waals surface area (Å²) in [7, 11) is 1.49. The molecule has 0 aliphatic rings. The van der Waals surface area contributed by atoms with Crippen molar-refractivity contribution in [1.82, 2.24) is 0 Å². The molecule has 1 unspecified atom stereocenters. The van der Waals surface area contributed by atoms with Crippen molar-refractivity contribution >= 4 is 5.97 Å². The van der Waals surface area contributed by atoms with E-state index in [9.17, 15) is 13.6 Å². The monoisotopic (exact) mass is 336 g/mol. The van der Waals surface area contributed by atoms with Crippen LogP contribution in [0.2, 0.25) is 0 Å². The van der Waals surface area contributed by atoms with Crippen molar-refractivity contribution in [2.24, 2.45) is 0 Å². The molecule has 2 aromatic rings. The maximum Gasteiger partial charge on any atom is 0.305 e. The highest BCUT2D eigenvalue weighted by molar-refractivity contribution is 5.69. The van der Waals surface area contributed by atoms with E-state index in [0.717, 1.165) is 5.56 Å². The molecule has 0 saturated heterocycles. The fraction of sp³-hybridized carbons (Fsp3) is 0.316. The van der Waals surface area contributed by atoms with Crippen LogP contribution in [0.4, 0.5) is 8.78 Å². The maximum atomic E-state index is 13.0. The van der Waals surface area contributed by atoms with E-state index in [1.807, 2.05) is 0 Å². The highest BCUT2D eigenvalue weighted by Crippen LogP contribution is 2.21. The van der Waals surface area contributed by atoms with Crippen molar-refractivity contribution in [3.8, 4) is 5.75 Å². The van der Waals surface area contributed by atoms with Gasteiger partial charge in [0.1, 0.15) is 23.5 Å². The third-order valence-corrected chi connectivity index (χ3v) is 3.11. The third-order valence-electron chi connectivity index (χ3n) is 3.11. The van der Waals surface area contributed by atoms with Gasteiger partial charge in [-0.15, -0.1) is 0 Å².